The second-order valence-electron chi connectivity index (χ2n) is 8.26. The molecule has 0 aliphatic rings. The van der Waals surface area contributed by atoms with E-state index in [1.54, 1.807) is 0 Å². The minimum Gasteiger partial charge on any atom is -0.301 e. The maximum atomic E-state index is 2.54. The summed E-state index contributed by atoms with van der Waals surface area (Å²) in [6.45, 7) is 26.0. The van der Waals surface area contributed by atoms with E-state index >= 15 is 0 Å². The second kappa shape index (κ2) is 15.5. The Hall–Kier alpha value is -0.0400. The van der Waals surface area contributed by atoms with E-state index in [9.17, 15) is 0 Å². The molecule has 1 atom stereocenters. The highest BCUT2D eigenvalue weighted by molar-refractivity contribution is 4.84. The van der Waals surface area contributed by atoms with E-state index in [1.165, 1.54) is 45.1 Å². The Labute approximate surface area is 150 Å². The first-order valence-electron chi connectivity index (χ1n) is 10.3. The van der Waals surface area contributed by atoms with Gasteiger partial charge >= 0.3 is 0 Å². The van der Waals surface area contributed by atoms with Crippen molar-refractivity contribution >= 4 is 0 Å². The maximum Gasteiger partial charge on any atom is 0.0152 e. The van der Waals surface area contributed by atoms with Gasteiger partial charge in [-0.15, -0.1) is 0 Å². The van der Waals surface area contributed by atoms with Crippen LogP contribution in [0.15, 0.2) is 0 Å². The predicted octanol–water partition coefficient (Wildman–Crippen LogP) is 7.79. The summed E-state index contributed by atoms with van der Waals surface area (Å²) in [5, 5.41) is 0. The molecule has 0 amide bonds. The first-order chi connectivity index (χ1) is 10.6. The normalized spacial score (nSPS) is 12.9. The van der Waals surface area contributed by atoms with Gasteiger partial charge in [-0.1, -0.05) is 88.0 Å². The maximum absolute atomic E-state index is 2.54. The quantitative estimate of drug-likeness (QED) is 0.417. The molecule has 0 heterocycles. The zero-order chi connectivity index (χ0) is 19.1. The van der Waals surface area contributed by atoms with Crippen LogP contribution in [0.4, 0.5) is 0 Å². The fourth-order valence-corrected chi connectivity index (χ4v) is 2.47. The van der Waals surface area contributed by atoms with Crippen LogP contribution >= 0.6 is 0 Å². The molecule has 0 aromatic carbocycles. The lowest BCUT2D eigenvalue weighted by molar-refractivity contribution is 0.0800. The van der Waals surface area contributed by atoms with Gasteiger partial charge in [0.2, 0.25) is 0 Å². The lowest BCUT2D eigenvalue weighted by Crippen LogP contribution is -2.46. The SMILES string of the molecule is CC.CCC(C)CC(C)(C)N(C)CC(C)(C)CC.CCCCC. The second-order valence-corrected chi connectivity index (χ2v) is 8.26. The molecule has 1 heteroatoms. The average molecular weight is 330 g/mol. The molecular weight excluding hydrogens is 278 g/mol. The number of unbranched alkanes of at least 4 members (excludes halogenated alkanes) is 2. The van der Waals surface area contributed by atoms with Crippen molar-refractivity contribution in [3.05, 3.63) is 0 Å². The first kappa shape index (κ1) is 27.8. The van der Waals surface area contributed by atoms with Crippen LogP contribution < -0.4 is 0 Å². The van der Waals surface area contributed by atoms with Crippen molar-refractivity contribution in [3.8, 4) is 0 Å². The van der Waals surface area contributed by atoms with Crippen LogP contribution in [0.1, 0.15) is 115 Å². The van der Waals surface area contributed by atoms with E-state index in [2.05, 4.69) is 74.3 Å². The minimum absolute atomic E-state index is 0.321. The number of hydrogen-bond donors (Lipinski definition) is 0. The molecule has 1 nitrogen and oxygen atoms in total. The van der Waals surface area contributed by atoms with Crippen LogP contribution in [0.2, 0.25) is 0 Å². The molecule has 0 aromatic rings. The van der Waals surface area contributed by atoms with Crippen LogP contribution in [0, 0.1) is 11.3 Å². The Balaban J connectivity index is -0.000000483. The molecule has 0 radical (unpaired) electrons. The van der Waals surface area contributed by atoms with Crippen LogP contribution in [-0.4, -0.2) is 24.0 Å². The molecule has 23 heavy (non-hydrogen) atoms. The molecule has 0 saturated heterocycles. The standard InChI is InChI=1S/C15H33N.C5H12.C2H6/c1-9-13(3)11-15(6,7)16(8)12-14(4,5)10-2;1-3-5-4-2;1-2/h13H,9-12H2,1-8H3;3-5H2,1-2H3;1-2H3. The molecule has 0 rings (SSSR count). The van der Waals surface area contributed by atoms with Gasteiger partial charge in [-0.25, -0.2) is 0 Å². The Morgan fingerprint density at radius 3 is 1.57 bits per heavy atom. The summed E-state index contributed by atoms with van der Waals surface area (Å²) in [6.07, 6.45) is 7.90. The summed E-state index contributed by atoms with van der Waals surface area (Å²) in [7, 11) is 2.28. The molecule has 0 aliphatic heterocycles. The van der Waals surface area contributed by atoms with Crippen LogP contribution in [0.3, 0.4) is 0 Å². The molecule has 0 saturated carbocycles. The third kappa shape index (κ3) is 16.6. The Morgan fingerprint density at radius 1 is 0.870 bits per heavy atom. The van der Waals surface area contributed by atoms with Crippen molar-refractivity contribution in [1.82, 2.24) is 4.90 Å². The van der Waals surface area contributed by atoms with Crippen molar-refractivity contribution in [1.29, 1.82) is 0 Å². The van der Waals surface area contributed by atoms with E-state index in [0.717, 1.165) is 5.92 Å². The minimum atomic E-state index is 0.321. The Morgan fingerprint density at radius 2 is 1.30 bits per heavy atom. The Kier molecular flexibility index (Phi) is 18.7. The van der Waals surface area contributed by atoms with Crippen molar-refractivity contribution < 1.29 is 0 Å². The first-order valence-corrected chi connectivity index (χ1v) is 10.3. The van der Waals surface area contributed by atoms with Crippen molar-refractivity contribution in [3.63, 3.8) is 0 Å². The van der Waals surface area contributed by atoms with Gasteiger partial charge in [0.1, 0.15) is 0 Å². The predicted molar refractivity (Wildman–Crippen MR) is 111 cm³/mol. The van der Waals surface area contributed by atoms with Crippen LogP contribution in [-0.2, 0) is 0 Å². The van der Waals surface area contributed by atoms with Crippen molar-refractivity contribution in [2.24, 2.45) is 11.3 Å². The zero-order valence-corrected chi connectivity index (χ0v) is 19.0. The highest BCUT2D eigenvalue weighted by atomic mass is 15.2. The summed E-state index contributed by atoms with van der Waals surface area (Å²) in [5.74, 6) is 0.821. The molecule has 0 N–H and O–H groups in total. The molecule has 0 bridgehead atoms. The van der Waals surface area contributed by atoms with E-state index in [0.29, 0.717) is 11.0 Å². The van der Waals surface area contributed by atoms with Crippen LogP contribution in [0.5, 0.6) is 0 Å². The monoisotopic (exact) mass is 329 g/mol. The molecule has 1 unspecified atom stereocenters. The third-order valence-corrected chi connectivity index (χ3v) is 4.91. The molecular formula is C22H51N. The van der Waals surface area contributed by atoms with Gasteiger partial charge in [-0.05, 0) is 45.1 Å². The summed E-state index contributed by atoms with van der Waals surface area (Å²) >= 11 is 0. The highest BCUT2D eigenvalue weighted by Gasteiger charge is 2.29. The van der Waals surface area contributed by atoms with Crippen molar-refractivity contribution in [2.45, 2.75) is 120 Å². The highest BCUT2D eigenvalue weighted by Crippen LogP contribution is 2.29. The van der Waals surface area contributed by atoms with E-state index in [4.69, 9.17) is 0 Å². The average Bonchev–Trinajstić information content (AvgIpc) is 2.49. The molecule has 0 fully saturated rings. The number of hydrogen-bond acceptors (Lipinski definition) is 1. The van der Waals surface area contributed by atoms with E-state index in [1.807, 2.05) is 13.8 Å². The van der Waals surface area contributed by atoms with Gasteiger partial charge in [0.05, 0.1) is 0 Å². The molecule has 0 aromatic heterocycles. The number of rotatable bonds is 9. The fraction of sp³-hybridized carbons (Fsp3) is 1.00. The summed E-state index contributed by atoms with van der Waals surface area (Å²) in [5.41, 5.74) is 0.753. The van der Waals surface area contributed by atoms with Crippen LogP contribution in [0.25, 0.3) is 0 Å². The topological polar surface area (TPSA) is 3.24 Å². The largest absolute Gasteiger partial charge is 0.301 e. The van der Waals surface area contributed by atoms with Gasteiger partial charge in [0.25, 0.3) is 0 Å². The summed E-state index contributed by atoms with van der Waals surface area (Å²) in [6, 6.07) is 0. The molecule has 0 spiro atoms. The van der Waals surface area contributed by atoms with Gasteiger partial charge in [-0.2, -0.15) is 0 Å². The van der Waals surface area contributed by atoms with Gasteiger partial charge < -0.3 is 4.90 Å². The van der Waals surface area contributed by atoms with Gasteiger partial charge in [-0.3, -0.25) is 0 Å². The Bertz CT molecular complexity index is 228. The third-order valence-electron chi connectivity index (χ3n) is 4.91. The van der Waals surface area contributed by atoms with Gasteiger partial charge in [0.15, 0.2) is 0 Å². The summed E-state index contributed by atoms with van der Waals surface area (Å²) in [4.78, 5) is 2.54. The smallest absolute Gasteiger partial charge is 0.0152 e. The zero-order valence-electron chi connectivity index (χ0n) is 19.0. The van der Waals surface area contributed by atoms with E-state index < -0.39 is 0 Å². The summed E-state index contributed by atoms with van der Waals surface area (Å²) < 4.78 is 0. The lowest BCUT2D eigenvalue weighted by Gasteiger charge is -2.41. The van der Waals surface area contributed by atoms with Crippen molar-refractivity contribution in [2.75, 3.05) is 13.6 Å². The van der Waals surface area contributed by atoms with E-state index in [-0.39, 0.29) is 0 Å². The lowest BCUT2D eigenvalue weighted by atomic mass is 9.84. The fourth-order valence-electron chi connectivity index (χ4n) is 2.47. The molecule has 144 valence electrons. The van der Waals surface area contributed by atoms with Gasteiger partial charge in [0, 0.05) is 12.1 Å². The number of nitrogens with zero attached hydrogens (tertiary/aromatic N) is 1. The molecule has 0 aliphatic carbocycles.